The molecule has 0 aromatic heterocycles. The number of alkyl halides is 1. The van der Waals surface area contributed by atoms with Gasteiger partial charge in [-0.05, 0) is 19.3 Å². The van der Waals surface area contributed by atoms with Crippen LogP contribution in [0, 0.1) is 11.8 Å². The van der Waals surface area contributed by atoms with Gasteiger partial charge in [0.1, 0.15) is 4.87 Å². The third kappa shape index (κ3) is 0.871. The minimum absolute atomic E-state index is 0.221. The Hall–Kier alpha value is -0.300. The summed E-state index contributed by atoms with van der Waals surface area (Å²) >= 11 is 6.12. The normalized spacial score (nSPS) is 48.4. The second-order valence-corrected chi connectivity index (χ2v) is 4.44. The lowest BCUT2D eigenvalue weighted by Gasteiger charge is -2.19. The Morgan fingerprint density at radius 3 is 3.09 bits per heavy atom. The summed E-state index contributed by atoms with van der Waals surface area (Å²) in [4.78, 5) is 10.7. The van der Waals surface area contributed by atoms with Crippen molar-refractivity contribution < 1.29 is 4.79 Å². The van der Waals surface area contributed by atoms with Gasteiger partial charge < -0.3 is 0 Å². The molecule has 0 amide bonds. The molecule has 2 aliphatic carbocycles. The number of allylic oxidation sites excluding steroid dienone is 2. The molecule has 0 aromatic carbocycles. The Labute approximate surface area is 71.4 Å². The molecule has 0 saturated heterocycles. The van der Waals surface area contributed by atoms with Crippen molar-refractivity contribution in [3.05, 3.63) is 12.2 Å². The molecular formula is C9H11ClO. The highest BCUT2D eigenvalue weighted by atomic mass is 35.5. The summed E-state index contributed by atoms with van der Waals surface area (Å²) in [6, 6.07) is 0. The SMILES string of the molecule is CC1(Cl)C(=O)CC2CC=CC21. The van der Waals surface area contributed by atoms with E-state index < -0.39 is 4.87 Å². The minimum Gasteiger partial charge on any atom is -0.298 e. The van der Waals surface area contributed by atoms with Gasteiger partial charge in [0.25, 0.3) is 0 Å². The van der Waals surface area contributed by atoms with Crippen molar-refractivity contribution in [1.82, 2.24) is 0 Å². The van der Waals surface area contributed by atoms with Crippen LogP contribution in [0.25, 0.3) is 0 Å². The summed E-state index contributed by atoms with van der Waals surface area (Å²) in [6.07, 6.45) is 5.96. The summed E-state index contributed by atoms with van der Waals surface area (Å²) in [5.74, 6) is 1.03. The molecule has 0 radical (unpaired) electrons. The van der Waals surface area contributed by atoms with Gasteiger partial charge in [-0.2, -0.15) is 0 Å². The monoisotopic (exact) mass is 170 g/mol. The van der Waals surface area contributed by atoms with Crippen LogP contribution in [0.3, 0.4) is 0 Å². The van der Waals surface area contributed by atoms with Crippen LogP contribution >= 0.6 is 11.6 Å². The Bertz CT molecular complexity index is 230. The largest absolute Gasteiger partial charge is 0.298 e. The van der Waals surface area contributed by atoms with E-state index in [0.29, 0.717) is 18.3 Å². The van der Waals surface area contributed by atoms with Crippen molar-refractivity contribution in [2.45, 2.75) is 24.6 Å². The van der Waals surface area contributed by atoms with E-state index >= 15 is 0 Å². The lowest BCUT2D eigenvalue weighted by Crippen LogP contribution is -2.29. The average Bonchev–Trinajstić information content (AvgIpc) is 2.41. The molecular weight excluding hydrogens is 160 g/mol. The number of halogens is 1. The number of carbonyl (C=O) groups excluding carboxylic acids is 1. The van der Waals surface area contributed by atoms with Crippen molar-refractivity contribution in [2.24, 2.45) is 11.8 Å². The van der Waals surface area contributed by atoms with E-state index in [1.807, 2.05) is 6.92 Å². The van der Waals surface area contributed by atoms with Crippen molar-refractivity contribution >= 4 is 17.4 Å². The molecule has 0 bridgehead atoms. The topological polar surface area (TPSA) is 17.1 Å². The maximum Gasteiger partial charge on any atom is 0.154 e. The van der Waals surface area contributed by atoms with Gasteiger partial charge in [0.15, 0.2) is 5.78 Å². The van der Waals surface area contributed by atoms with Crippen LogP contribution in [0.5, 0.6) is 0 Å². The Kier molecular flexibility index (Phi) is 1.40. The molecule has 0 N–H and O–H groups in total. The standard InChI is InChI=1S/C9H11ClO/c1-9(10)7-4-2-3-6(7)5-8(9)11/h2,4,6-7H,3,5H2,1H3. The van der Waals surface area contributed by atoms with E-state index in [9.17, 15) is 4.79 Å². The second-order valence-electron chi connectivity index (χ2n) is 3.65. The van der Waals surface area contributed by atoms with Crippen molar-refractivity contribution in [3.8, 4) is 0 Å². The smallest absolute Gasteiger partial charge is 0.154 e. The van der Waals surface area contributed by atoms with Crippen LogP contribution in [-0.4, -0.2) is 10.7 Å². The second kappa shape index (κ2) is 2.10. The van der Waals surface area contributed by atoms with Gasteiger partial charge in [0.2, 0.25) is 0 Å². The van der Waals surface area contributed by atoms with Crippen LogP contribution in [-0.2, 0) is 4.79 Å². The van der Waals surface area contributed by atoms with Gasteiger partial charge in [-0.3, -0.25) is 4.79 Å². The fourth-order valence-corrected chi connectivity index (χ4v) is 2.49. The van der Waals surface area contributed by atoms with Crippen LogP contribution < -0.4 is 0 Å². The Morgan fingerprint density at radius 2 is 2.45 bits per heavy atom. The number of hydrogen-bond acceptors (Lipinski definition) is 1. The lowest BCUT2D eigenvalue weighted by molar-refractivity contribution is -0.119. The number of fused-ring (bicyclic) bond motifs is 1. The van der Waals surface area contributed by atoms with Crippen LogP contribution in [0.1, 0.15) is 19.8 Å². The zero-order chi connectivity index (χ0) is 8.06. The van der Waals surface area contributed by atoms with Crippen LogP contribution in [0.4, 0.5) is 0 Å². The molecule has 1 saturated carbocycles. The fourth-order valence-electron chi connectivity index (χ4n) is 2.16. The molecule has 2 heteroatoms. The molecule has 3 atom stereocenters. The molecule has 1 fully saturated rings. The Balaban J connectivity index is 2.34. The quantitative estimate of drug-likeness (QED) is 0.402. The minimum atomic E-state index is -0.600. The van der Waals surface area contributed by atoms with Crippen molar-refractivity contribution in [3.63, 3.8) is 0 Å². The molecule has 11 heavy (non-hydrogen) atoms. The fraction of sp³-hybridized carbons (Fsp3) is 0.667. The van der Waals surface area contributed by atoms with Gasteiger partial charge in [0.05, 0.1) is 0 Å². The number of rotatable bonds is 0. The van der Waals surface area contributed by atoms with Crippen molar-refractivity contribution in [2.75, 3.05) is 0 Å². The first-order valence-electron chi connectivity index (χ1n) is 4.01. The Morgan fingerprint density at radius 1 is 1.73 bits per heavy atom. The molecule has 2 rings (SSSR count). The maximum absolute atomic E-state index is 11.3. The first-order valence-corrected chi connectivity index (χ1v) is 4.39. The van der Waals surface area contributed by atoms with Gasteiger partial charge >= 0.3 is 0 Å². The summed E-state index contributed by atoms with van der Waals surface area (Å²) < 4.78 is 0. The molecule has 0 aromatic rings. The van der Waals surface area contributed by atoms with E-state index in [2.05, 4.69) is 12.2 Å². The molecule has 60 valence electrons. The molecule has 1 nitrogen and oxygen atoms in total. The first-order chi connectivity index (χ1) is 5.12. The highest BCUT2D eigenvalue weighted by molar-refractivity contribution is 6.36. The van der Waals surface area contributed by atoms with E-state index in [1.54, 1.807) is 0 Å². The number of hydrogen-bond donors (Lipinski definition) is 0. The van der Waals surface area contributed by atoms with E-state index in [0.717, 1.165) is 6.42 Å². The third-order valence-corrected chi connectivity index (χ3v) is 3.37. The summed E-state index contributed by atoms with van der Waals surface area (Å²) in [6.45, 7) is 1.84. The zero-order valence-corrected chi connectivity index (χ0v) is 7.27. The molecule has 3 unspecified atom stereocenters. The molecule has 0 spiro atoms. The molecule has 0 aliphatic heterocycles. The van der Waals surface area contributed by atoms with E-state index in [4.69, 9.17) is 11.6 Å². The predicted octanol–water partition coefficient (Wildman–Crippen LogP) is 2.15. The van der Waals surface area contributed by atoms with Gasteiger partial charge in [-0.1, -0.05) is 12.2 Å². The highest BCUT2D eigenvalue weighted by Crippen LogP contribution is 2.47. The summed E-state index contributed by atoms with van der Waals surface area (Å²) in [5.41, 5.74) is 0. The zero-order valence-electron chi connectivity index (χ0n) is 6.51. The van der Waals surface area contributed by atoms with Gasteiger partial charge in [-0.25, -0.2) is 0 Å². The van der Waals surface area contributed by atoms with Gasteiger partial charge in [-0.15, -0.1) is 11.6 Å². The van der Waals surface area contributed by atoms with E-state index in [-0.39, 0.29) is 5.78 Å². The van der Waals surface area contributed by atoms with Crippen molar-refractivity contribution in [1.29, 1.82) is 0 Å². The van der Waals surface area contributed by atoms with Crippen LogP contribution in [0.2, 0.25) is 0 Å². The number of carbonyl (C=O) groups is 1. The van der Waals surface area contributed by atoms with E-state index in [1.165, 1.54) is 0 Å². The third-order valence-electron chi connectivity index (χ3n) is 2.91. The maximum atomic E-state index is 11.3. The molecule has 2 aliphatic rings. The molecule has 0 heterocycles. The first kappa shape index (κ1) is 7.35. The highest BCUT2D eigenvalue weighted by Gasteiger charge is 2.50. The van der Waals surface area contributed by atoms with Crippen LogP contribution in [0.15, 0.2) is 12.2 Å². The summed E-state index contributed by atoms with van der Waals surface area (Å²) in [7, 11) is 0. The number of Topliss-reactive ketones (excluding diaryl/α,β-unsaturated/α-hetero) is 1. The predicted molar refractivity (Wildman–Crippen MR) is 44.6 cm³/mol. The summed E-state index contributed by atoms with van der Waals surface area (Å²) in [5, 5.41) is 0. The lowest BCUT2D eigenvalue weighted by atomic mass is 9.93. The average molecular weight is 171 g/mol. The number of ketones is 1. The van der Waals surface area contributed by atoms with Gasteiger partial charge in [0, 0.05) is 12.3 Å².